The first-order chi connectivity index (χ1) is 11.5. The quantitative estimate of drug-likeness (QED) is 0.360. The van der Waals surface area contributed by atoms with Gasteiger partial charge in [-0.3, -0.25) is 4.79 Å². The van der Waals surface area contributed by atoms with E-state index < -0.39 is 0 Å². The average Bonchev–Trinajstić information content (AvgIpc) is 2.55. The second-order valence-corrected chi connectivity index (χ2v) is 7.60. The third kappa shape index (κ3) is 4.05. The number of carbonyl (C=O) groups is 1. The Morgan fingerprint density at radius 3 is 2.75 bits per heavy atom. The Labute approximate surface area is 158 Å². The number of halogens is 1. The summed E-state index contributed by atoms with van der Waals surface area (Å²) < 4.78 is 1.15. The molecule has 1 amide bonds. The monoisotopic (exact) mass is 449 g/mol. The molecule has 0 spiro atoms. The minimum atomic E-state index is -0.0374. The first-order valence-electron chi connectivity index (χ1n) is 7.45. The van der Waals surface area contributed by atoms with Crippen LogP contribution in [0.25, 0.3) is 10.9 Å². The molecule has 0 saturated carbocycles. The van der Waals surface area contributed by atoms with Crippen LogP contribution in [0.3, 0.4) is 0 Å². The SMILES string of the molecule is Cc1nc(SCC(=O)Nc2ccc(I)cc2C)c2ccccc2n1. The molecule has 24 heavy (non-hydrogen) atoms. The van der Waals surface area contributed by atoms with Crippen LogP contribution in [0.15, 0.2) is 47.5 Å². The molecule has 0 atom stereocenters. The van der Waals surface area contributed by atoms with E-state index in [1.807, 2.05) is 56.3 Å². The van der Waals surface area contributed by atoms with Gasteiger partial charge in [-0.25, -0.2) is 9.97 Å². The summed E-state index contributed by atoms with van der Waals surface area (Å²) in [5, 5.41) is 4.78. The van der Waals surface area contributed by atoms with E-state index >= 15 is 0 Å². The highest BCUT2D eigenvalue weighted by Crippen LogP contribution is 2.25. The molecule has 0 unspecified atom stereocenters. The number of nitrogens with one attached hydrogen (secondary N) is 1. The van der Waals surface area contributed by atoms with E-state index in [4.69, 9.17) is 0 Å². The maximum Gasteiger partial charge on any atom is 0.234 e. The van der Waals surface area contributed by atoms with Gasteiger partial charge in [0.1, 0.15) is 10.9 Å². The number of hydrogen-bond donors (Lipinski definition) is 1. The zero-order valence-corrected chi connectivity index (χ0v) is 16.3. The number of anilines is 1. The Hall–Kier alpha value is -1.67. The molecule has 1 N–H and O–H groups in total. The maximum atomic E-state index is 12.3. The number of nitrogens with zero attached hydrogens (tertiary/aromatic N) is 2. The highest BCUT2D eigenvalue weighted by atomic mass is 127. The lowest BCUT2D eigenvalue weighted by Gasteiger charge is -2.09. The topological polar surface area (TPSA) is 54.9 Å². The maximum absolute atomic E-state index is 12.3. The summed E-state index contributed by atoms with van der Waals surface area (Å²) in [6.07, 6.45) is 0. The summed E-state index contributed by atoms with van der Waals surface area (Å²) in [6.45, 7) is 3.86. The summed E-state index contributed by atoms with van der Waals surface area (Å²) in [7, 11) is 0. The van der Waals surface area contributed by atoms with Gasteiger partial charge in [0.2, 0.25) is 5.91 Å². The molecule has 2 aromatic carbocycles. The molecule has 1 heterocycles. The molecule has 0 aliphatic carbocycles. The van der Waals surface area contributed by atoms with Crippen molar-refractivity contribution < 1.29 is 4.79 Å². The van der Waals surface area contributed by atoms with Gasteiger partial charge >= 0.3 is 0 Å². The summed E-state index contributed by atoms with van der Waals surface area (Å²) in [6, 6.07) is 13.8. The van der Waals surface area contributed by atoms with Gasteiger partial charge in [0, 0.05) is 14.6 Å². The van der Waals surface area contributed by atoms with Crippen molar-refractivity contribution in [2.75, 3.05) is 11.1 Å². The third-order valence-corrected chi connectivity index (χ3v) is 5.14. The standard InChI is InChI=1S/C18H16IN3OS/c1-11-9-13(19)7-8-15(11)22-17(23)10-24-18-14-5-3-4-6-16(14)20-12(2)21-18/h3-9H,10H2,1-2H3,(H,22,23). The fourth-order valence-corrected chi connectivity index (χ4v) is 3.87. The number of aromatic nitrogens is 2. The van der Waals surface area contributed by atoms with Gasteiger partial charge in [-0.05, 0) is 66.3 Å². The molecule has 6 heteroatoms. The second-order valence-electron chi connectivity index (χ2n) is 5.39. The van der Waals surface area contributed by atoms with E-state index in [1.165, 1.54) is 11.8 Å². The van der Waals surface area contributed by atoms with Gasteiger partial charge < -0.3 is 5.32 Å². The summed E-state index contributed by atoms with van der Waals surface area (Å²) in [5.74, 6) is 0.987. The second kappa shape index (κ2) is 7.48. The summed E-state index contributed by atoms with van der Waals surface area (Å²) in [4.78, 5) is 21.2. The number of para-hydroxylation sites is 1. The molecule has 0 saturated heterocycles. The lowest BCUT2D eigenvalue weighted by atomic mass is 10.2. The molecular formula is C18H16IN3OS. The third-order valence-electron chi connectivity index (χ3n) is 3.48. The van der Waals surface area contributed by atoms with Crippen molar-refractivity contribution in [1.29, 1.82) is 0 Å². The highest BCUT2D eigenvalue weighted by molar-refractivity contribution is 14.1. The fourth-order valence-electron chi connectivity index (χ4n) is 2.36. The summed E-state index contributed by atoms with van der Waals surface area (Å²) in [5.41, 5.74) is 2.81. The number of thioether (sulfide) groups is 1. The Bertz CT molecular complexity index is 914. The van der Waals surface area contributed by atoms with Crippen molar-refractivity contribution in [1.82, 2.24) is 9.97 Å². The number of benzene rings is 2. The van der Waals surface area contributed by atoms with Crippen LogP contribution < -0.4 is 5.32 Å². The molecule has 0 aliphatic heterocycles. The van der Waals surface area contributed by atoms with E-state index in [0.29, 0.717) is 11.6 Å². The van der Waals surface area contributed by atoms with E-state index in [1.54, 1.807) is 0 Å². The molecule has 1 aromatic heterocycles. The van der Waals surface area contributed by atoms with Crippen LogP contribution in [0, 0.1) is 17.4 Å². The van der Waals surface area contributed by atoms with Crippen LogP contribution in [-0.4, -0.2) is 21.6 Å². The van der Waals surface area contributed by atoms with Crippen molar-refractivity contribution in [3.05, 3.63) is 57.4 Å². The Morgan fingerprint density at radius 1 is 1.17 bits per heavy atom. The van der Waals surface area contributed by atoms with E-state index in [2.05, 4.69) is 37.9 Å². The average molecular weight is 449 g/mol. The Kier molecular flexibility index (Phi) is 5.35. The first-order valence-corrected chi connectivity index (χ1v) is 9.51. The minimum Gasteiger partial charge on any atom is -0.325 e. The number of carbonyl (C=O) groups excluding carboxylic acids is 1. The van der Waals surface area contributed by atoms with Gasteiger partial charge in [-0.15, -0.1) is 0 Å². The molecule has 3 aromatic rings. The van der Waals surface area contributed by atoms with Crippen LogP contribution >= 0.6 is 34.4 Å². The Morgan fingerprint density at radius 2 is 1.96 bits per heavy atom. The van der Waals surface area contributed by atoms with Crippen LogP contribution in [0.2, 0.25) is 0 Å². The smallest absolute Gasteiger partial charge is 0.234 e. The van der Waals surface area contributed by atoms with Crippen molar-refractivity contribution in [2.24, 2.45) is 0 Å². The molecule has 4 nitrogen and oxygen atoms in total. The van der Waals surface area contributed by atoms with Gasteiger partial charge in [0.25, 0.3) is 0 Å². The van der Waals surface area contributed by atoms with Gasteiger partial charge in [0.15, 0.2) is 0 Å². The van der Waals surface area contributed by atoms with Crippen molar-refractivity contribution in [3.8, 4) is 0 Å². The van der Waals surface area contributed by atoms with E-state index in [9.17, 15) is 4.79 Å². The van der Waals surface area contributed by atoms with Crippen molar-refractivity contribution in [3.63, 3.8) is 0 Å². The van der Waals surface area contributed by atoms with Gasteiger partial charge in [0.05, 0.1) is 11.3 Å². The zero-order valence-electron chi connectivity index (χ0n) is 13.3. The number of hydrogen-bond acceptors (Lipinski definition) is 4. The fraction of sp³-hybridized carbons (Fsp3) is 0.167. The Balaban J connectivity index is 1.73. The minimum absolute atomic E-state index is 0.0374. The molecule has 0 bridgehead atoms. The molecule has 0 radical (unpaired) electrons. The predicted molar refractivity (Wildman–Crippen MR) is 108 cm³/mol. The van der Waals surface area contributed by atoms with Crippen LogP contribution in [0.5, 0.6) is 0 Å². The van der Waals surface area contributed by atoms with Crippen LogP contribution in [-0.2, 0) is 4.79 Å². The number of aryl methyl sites for hydroxylation is 2. The van der Waals surface area contributed by atoms with Gasteiger partial charge in [-0.2, -0.15) is 0 Å². The van der Waals surface area contributed by atoms with Crippen molar-refractivity contribution in [2.45, 2.75) is 18.9 Å². The van der Waals surface area contributed by atoms with Gasteiger partial charge in [-0.1, -0.05) is 30.0 Å². The molecule has 3 rings (SSSR count). The number of rotatable bonds is 4. The van der Waals surface area contributed by atoms with E-state index in [-0.39, 0.29) is 5.91 Å². The number of fused-ring (bicyclic) bond motifs is 1. The van der Waals surface area contributed by atoms with E-state index in [0.717, 1.165) is 30.7 Å². The predicted octanol–water partition coefficient (Wildman–Crippen LogP) is 4.58. The lowest BCUT2D eigenvalue weighted by molar-refractivity contribution is -0.113. The molecule has 0 aliphatic rings. The lowest BCUT2D eigenvalue weighted by Crippen LogP contribution is -2.15. The normalized spacial score (nSPS) is 10.8. The van der Waals surface area contributed by atoms with Crippen LogP contribution in [0.4, 0.5) is 5.69 Å². The van der Waals surface area contributed by atoms with Crippen molar-refractivity contribution >= 4 is 56.9 Å². The molecule has 0 fully saturated rings. The molecular weight excluding hydrogens is 433 g/mol. The first kappa shape index (κ1) is 17.2. The number of amides is 1. The molecule has 122 valence electrons. The summed E-state index contributed by atoms with van der Waals surface area (Å²) >= 11 is 3.70. The largest absolute Gasteiger partial charge is 0.325 e. The van der Waals surface area contributed by atoms with Crippen LogP contribution in [0.1, 0.15) is 11.4 Å². The highest BCUT2D eigenvalue weighted by Gasteiger charge is 2.10. The zero-order chi connectivity index (χ0) is 17.1.